The monoisotopic (exact) mass is 224 g/mol. The molecule has 2 heteroatoms. The van der Waals surface area contributed by atoms with Crippen molar-refractivity contribution in [1.82, 2.24) is 10.2 Å². The van der Waals surface area contributed by atoms with E-state index in [1.165, 1.54) is 51.7 Å². The average molecular weight is 224 g/mol. The standard InChI is InChI=1S/C14H28N2/c1-3-13-11-16(9-7-12-5-6-12)10-8-14(13)15-4-2/h12-15H,3-11H2,1-2H3. The summed E-state index contributed by atoms with van der Waals surface area (Å²) >= 11 is 0. The zero-order valence-electron chi connectivity index (χ0n) is 11.0. The zero-order chi connectivity index (χ0) is 11.4. The van der Waals surface area contributed by atoms with E-state index in [0.29, 0.717) is 0 Å². The van der Waals surface area contributed by atoms with Crippen LogP contribution in [0.25, 0.3) is 0 Å². The molecule has 1 saturated heterocycles. The first kappa shape index (κ1) is 12.4. The highest BCUT2D eigenvalue weighted by Crippen LogP contribution is 2.33. The fraction of sp³-hybridized carbons (Fsp3) is 1.00. The molecule has 1 heterocycles. The summed E-state index contributed by atoms with van der Waals surface area (Å²) in [5.41, 5.74) is 0. The third-order valence-corrected chi connectivity index (χ3v) is 4.36. The number of nitrogens with zero attached hydrogens (tertiary/aromatic N) is 1. The van der Waals surface area contributed by atoms with Crippen molar-refractivity contribution in [2.75, 3.05) is 26.2 Å². The SMILES string of the molecule is CCNC1CCN(CCC2CC2)CC1CC. The molecule has 0 aromatic rings. The average Bonchev–Trinajstić information content (AvgIpc) is 3.12. The van der Waals surface area contributed by atoms with Crippen LogP contribution in [0.15, 0.2) is 0 Å². The molecule has 0 aromatic carbocycles. The van der Waals surface area contributed by atoms with Crippen LogP contribution in [0.3, 0.4) is 0 Å². The summed E-state index contributed by atoms with van der Waals surface area (Å²) in [6.07, 6.45) is 7.16. The van der Waals surface area contributed by atoms with Crippen LogP contribution in [-0.2, 0) is 0 Å². The summed E-state index contributed by atoms with van der Waals surface area (Å²) in [4.78, 5) is 2.71. The Hall–Kier alpha value is -0.0800. The predicted octanol–water partition coefficient (Wildman–Crippen LogP) is 2.50. The Kier molecular flexibility index (Phi) is 4.66. The van der Waals surface area contributed by atoms with E-state index in [1.807, 2.05) is 0 Å². The van der Waals surface area contributed by atoms with Gasteiger partial charge in [0.25, 0.3) is 0 Å². The number of likely N-dealkylation sites (tertiary alicyclic amines) is 1. The maximum Gasteiger partial charge on any atom is 0.0119 e. The van der Waals surface area contributed by atoms with Crippen molar-refractivity contribution in [3.8, 4) is 0 Å². The van der Waals surface area contributed by atoms with Crippen molar-refractivity contribution in [2.24, 2.45) is 11.8 Å². The van der Waals surface area contributed by atoms with Gasteiger partial charge in [0.15, 0.2) is 0 Å². The van der Waals surface area contributed by atoms with E-state index in [9.17, 15) is 0 Å². The van der Waals surface area contributed by atoms with E-state index >= 15 is 0 Å². The summed E-state index contributed by atoms with van der Waals surface area (Å²) in [6.45, 7) is 9.72. The van der Waals surface area contributed by atoms with Crippen LogP contribution in [0.5, 0.6) is 0 Å². The van der Waals surface area contributed by atoms with E-state index < -0.39 is 0 Å². The Balaban J connectivity index is 1.72. The zero-order valence-corrected chi connectivity index (χ0v) is 11.0. The van der Waals surface area contributed by atoms with E-state index in [-0.39, 0.29) is 0 Å². The summed E-state index contributed by atoms with van der Waals surface area (Å²) < 4.78 is 0. The van der Waals surface area contributed by atoms with Gasteiger partial charge in [-0.2, -0.15) is 0 Å². The molecule has 2 nitrogen and oxygen atoms in total. The molecule has 2 unspecified atom stereocenters. The van der Waals surface area contributed by atoms with Crippen LogP contribution in [-0.4, -0.2) is 37.1 Å². The molecule has 0 spiro atoms. The van der Waals surface area contributed by atoms with Gasteiger partial charge in [0.05, 0.1) is 0 Å². The smallest absolute Gasteiger partial charge is 0.0119 e. The quantitative estimate of drug-likeness (QED) is 0.746. The molecular weight excluding hydrogens is 196 g/mol. The summed E-state index contributed by atoms with van der Waals surface area (Å²) in [6, 6.07) is 0.784. The molecule has 94 valence electrons. The number of hydrogen-bond acceptors (Lipinski definition) is 2. The molecular formula is C14H28N2. The lowest BCUT2D eigenvalue weighted by Crippen LogP contribution is -2.49. The number of piperidine rings is 1. The van der Waals surface area contributed by atoms with Gasteiger partial charge in [0.2, 0.25) is 0 Å². The van der Waals surface area contributed by atoms with Crippen molar-refractivity contribution >= 4 is 0 Å². The molecule has 2 aliphatic rings. The van der Waals surface area contributed by atoms with Gasteiger partial charge in [-0.25, -0.2) is 0 Å². The molecule has 0 amide bonds. The first-order valence-corrected chi connectivity index (χ1v) is 7.29. The maximum absolute atomic E-state index is 3.66. The summed E-state index contributed by atoms with van der Waals surface area (Å²) in [7, 11) is 0. The van der Waals surface area contributed by atoms with Gasteiger partial charge in [0, 0.05) is 12.6 Å². The number of nitrogens with one attached hydrogen (secondary N) is 1. The molecule has 2 atom stereocenters. The molecule has 2 rings (SSSR count). The first-order valence-electron chi connectivity index (χ1n) is 7.29. The minimum absolute atomic E-state index is 0.784. The van der Waals surface area contributed by atoms with Crippen LogP contribution < -0.4 is 5.32 Å². The highest BCUT2D eigenvalue weighted by atomic mass is 15.1. The van der Waals surface area contributed by atoms with Crippen molar-refractivity contribution < 1.29 is 0 Å². The third kappa shape index (κ3) is 3.46. The Bertz CT molecular complexity index is 201. The second kappa shape index (κ2) is 6.02. The van der Waals surface area contributed by atoms with Gasteiger partial charge in [-0.3, -0.25) is 0 Å². The fourth-order valence-corrected chi connectivity index (χ4v) is 3.03. The first-order chi connectivity index (χ1) is 7.83. The van der Waals surface area contributed by atoms with Gasteiger partial charge in [0.1, 0.15) is 0 Å². The fourth-order valence-electron chi connectivity index (χ4n) is 3.03. The lowest BCUT2D eigenvalue weighted by Gasteiger charge is -2.38. The molecule has 0 aromatic heterocycles. The van der Waals surface area contributed by atoms with Gasteiger partial charge in [-0.05, 0) is 44.3 Å². The molecule has 1 saturated carbocycles. The minimum atomic E-state index is 0.784. The van der Waals surface area contributed by atoms with Crippen LogP contribution >= 0.6 is 0 Å². The van der Waals surface area contributed by atoms with Crippen LogP contribution in [0.4, 0.5) is 0 Å². The van der Waals surface area contributed by atoms with E-state index in [1.54, 1.807) is 0 Å². The van der Waals surface area contributed by atoms with E-state index in [0.717, 1.165) is 24.4 Å². The maximum atomic E-state index is 3.66. The second-order valence-electron chi connectivity index (χ2n) is 5.65. The highest BCUT2D eigenvalue weighted by Gasteiger charge is 2.28. The van der Waals surface area contributed by atoms with Crippen molar-refractivity contribution in [3.05, 3.63) is 0 Å². The molecule has 1 aliphatic heterocycles. The van der Waals surface area contributed by atoms with Crippen molar-refractivity contribution in [2.45, 2.75) is 52.0 Å². The molecule has 1 aliphatic carbocycles. The van der Waals surface area contributed by atoms with Crippen molar-refractivity contribution in [1.29, 1.82) is 0 Å². The molecule has 0 bridgehead atoms. The summed E-state index contributed by atoms with van der Waals surface area (Å²) in [5, 5.41) is 3.66. The van der Waals surface area contributed by atoms with E-state index in [4.69, 9.17) is 0 Å². The Morgan fingerprint density at radius 1 is 1.19 bits per heavy atom. The van der Waals surface area contributed by atoms with Crippen LogP contribution in [0, 0.1) is 11.8 Å². The van der Waals surface area contributed by atoms with Gasteiger partial charge >= 0.3 is 0 Å². The largest absolute Gasteiger partial charge is 0.314 e. The van der Waals surface area contributed by atoms with Gasteiger partial charge < -0.3 is 10.2 Å². The summed E-state index contributed by atoms with van der Waals surface area (Å²) in [5.74, 6) is 1.97. The molecule has 1 N–H and O–H groups in total. The second-order valence-corrected chi connectivity index (χ2v) is 5.65. The minimum Gasteiger partial charge on any atom is -0.314 e. The molecule has 16 heavy (non-hydrogen) atoms. The Morgan fingerprint density at radius 3 is 2.62 bits per heavy atom. The third-order valence-electron chi connectivity index (χ3n) is 4.36. The van der Waals surface area contributed by atoms with E-state index in [2.05, 4.69) is 24.1 Å². The Morgan fingerprint density at radius 2 is 2.00 bits per heavy atom. The topological polar surface area (TPSA) is 15.3 Å². The Labute approximate surface area is 101 Å². The number of hydrogen-bond donors (Lipinski definition) is 1. The van der Waals surface area contributed by atoms with Crippen LogP contribution in [0.1, 0.15) is 46.0 Å². The lowest BCUT2D eigenvalue weighted by atomic mass is 9.89. The van der Waals surface area contributed by atoms with Crippen LogP contribution in [0.2, 0.25) is 0 Å². The normalized spacial score (nSPS) is 31.9. The van der Waals surface area contributed by atoms with Gasteiger partial charge in [-0.15, -0.1) is 0 Å². The molecule has 2 fully saturated rings. The van der Waals surface area contributed by atoms with Crippen molar-refractivity contribution in [3.63, 3.8) is 0 Å². The number of rotatable bonds is 6. The molecule has 0 radical (unpaired) electrons. The lowest BCUT2D eigenvalue weighted by molar-refractivity contribution is 0.133. The van der Waals surface area contributed by atoms with Gasteiger partial charge in [-0.1, -0.05) is 33.1 Å². The highest BCUT2D eigenvalue weighted by molar-refractivity contribution is 4.85. The predicted molar refractivity (Wildman–Crippen MR) is 69.6 cm³/mol.